The number of halogens is 2. The van der Waals surface area contributed by atoms with Crippen LogP contribution in [0.1, 0.15) is 0 Å². The van der Waals surface area contributed by atoms with Gasteiger partial charge in [0.25, 0.3) is 0 Å². The van der Waals surface area contributed by atoms with Crippen molar-refractivity contribution in [3.05, 3.63) is 23.5 Å². The van der Waals surface area contributed by atoms with Crippen molar-refractivity contribution in [3.63, 3.8) is 0 Å². The third-order valence-corrected chi connectivity index (χ3v) is 1.47. The number of aromatic nitrogens is 1. The average molecular weight is 154 g/mol. The minimum absolute atomic E-state index is 0.115. The molecule has 0 saturated carbocycles. The zero-order valence-corrected chi connectivity index (χ0v) is 5.88. The largest absolute Gasteiger partial charge is 0.611 e. The van der Waals surface area contributed by atoms with Gasteiger partial charge >= 0.3 is 7.27 Å². The zero-order chi connectivity index (χ0) is 8.43. The lowest BCUT2D eigenvalue weighted by Crippen LogP contribution is -2.26. The van der Waals surface area contributed by atoms with Gasteiger partial charge in [-0.15, -0.1) is 0 Å². The molecule has 5 heteroatoms. The van der Waals surface area contributed by atoms with E-state index in [0.717, 1.165) is 0 Å². The van der Waals surface area contributed by atoms with E-state index < -0.39 is 7.27 Å². The Morgan fingerprint density at radius 3 is 2.45 bits per heavy atom. The normalized spacial score (nSPS) is 9.27. The molecule has 0 aliphatic rings. The fraction of sp³-hybridized carbons (Fsp3) is 0.167. The first-order valence-corrected chi connectivity index (χ1v) is 2.98. The molecule has 0 fully saturated rings. The van der Waals surface area contributed by atoms with Gasteiger partial charge in [-0.2, -0.15) is 0 Å². The van der Waals surface area contributed by atoms with Gasteiger partial charge in [0, 0.05) is 0 Å². The molecule has 2 nitrogen and oxygen atoms in total. The van der Waals surface area contributed by atoms with Gasteiger partial charge in [-0.3, -0.25) is 8.63 Å². The minimum atomic E-state index is -2.50. The van der Waals surface area contributed by atoms with E-state index in [4.69, 9.17) is 6.57 Å². The van der Waals surface area contributed by atoms with Crippen LogP contribution in [-0.4, -0.2) is 11.8 Å². The third-order valence-electron chi connectivity index (χ3n) is 1.47. The quantitative estimate of drug-likeness (QED) is 0.424. The molecular weight excluding hydrogens is 149 g/mol. The predicted molar refractivity (Wildman–Crippen MR) is 39.3 cm³/mol. The SMILES string of the molecule is [C-]#[N+]c1ccc(B(F)F)n1C. The topological polar surface area (TPSA) is 9.29 Å². The second-order valence-electron chi connectivity index (χ2n) is 2.09. The third kappa shape index (κ3) is 1.24. The molecule has 0 radical (unpaired) electrons. The zero-order valence-electron chi connectivity index (χ0n) is 5.88. The van der Waals surface area contributed by atoms with E-state index >= 15 is 0 Å². The summed E-state index contributed by atoms with van der Waals surface area (Å²) < 4.78 is 25.3. The van der Waals surface area contributed by atoms with Crippen LogP contribution in [0, 0.1) is 6.57 Å². The molecule has 0 atom stereocenters. The molecule has 0 saturated heterocycles. The van der Waals surface area contributed by atoms with E-state index in [2.05, 4.69) is 4.85 Å². The van der Waals surface area contributed by atoms with E-state index in [9.17, 15) is 8.63 Å². The molecule has 0 unspecified atom stereocenters. The van der Waals surface area contributed by atoms with Crippen molar-refractivity contribution < 1.29 is 8.63 Å². The summed E-state index contributed by atoms with van der Waals surface area (Å²) in [6.45, 7) is 6.60. The van der Waals surface area contributed by atoms with Crippen LogP contribution in [0.5, 0.6) is 0 Å². The lowest BCUT2D eigenvalue weighted by Gasteiger charge is -1.95. The van der Waals surface area contributed by atoms with Crippen molar-refractivity contribution in [2.75, 3.05) is 0 Å². The standard InChI is InChI=1S/C6H5BF2N2/c1-10-6-4-3-5(7(8)9)11(6)2/h3-4H,2H3. The highest BCUT2D eigenvalue weighted by Crippen LogP contribution is 2.09. The van der Waals surface area contributed by atoms with Gasteiger partial charge in [-0.05, 0) is 12.1 Å². The molecule has 0 spiro atoms. The first-order valence-electron chi connectivity index (χ1n) is 2.98. The monoisotopic (exact) mass is 154 g/mol. The second-order valence-corrected chi connectivity index (χ2v) is 2.09. The molecule has 1 heterocycles. The summed E-state index contributed by atoms with van der Waals surface area (Å²) in [7, 11) is -1.05. The smallest absolute Gasteiger partial charge is 0.364 e. The van der Waals surface area contributed by atoms with Crippen LogP contribution in [0.2, 0.25) is 0 Å². The second kappa shape index (κ2) is 2.75. The Morgan fingerprint density at radius 1 is 1.55 bits per heavy atom. The minimum Gasteiger partial charge on any atom is -0.364 e. The maximum atomic E-state index is 12.1. The van der Waals surface area contributed by atoms with Crippen molar-refractivity contribution in [1.82, 2.24) is 4.57 Å². The summed E-state index contributed by atoms with van der Waals surface area (Å²) in [5, 5.41) is 0. The van der Waals surface area contributed by atoms with Crippen molar-refractivity contribution in [2.45, 2.75) is 0 Å². The molecular formula is C6H5BF2N2. The fourth-order valence-electron chi connectivity index (χ4n) is 0.847. The van der Waals surface area contributed by atoms with Gasteiger partial charge in [0.15, 0.2) is 0 Å². The molecule has 1 aromatic rings. The van der Waals surface area contributed by atoms with Crippen LogP contribution in [0.4, 0.5) is 14.4 Å². The van der Waals surface area contributed by atoms with E-state index in [1.54, 1.807) is 0 Å². The van der Waals surface area contributed by atoms with E-state index in [1.165, 1.54) is 23.7 Å². The molecule has 0 aromatic carbocycles. The van der Waals surface area contributed by atoms with Gasteiger partial charge in [-0.25, -0.2) is 0 Å². The van der Waals surface area contributed by atoms with Crippen molar-refractivity contribution in [2.24, 2.45) is 7.05 Å². The van der Waals surface area contributed by atoms with Crippen molar-refractivity contribution in [3.8, 4) is 0 Å². The van der Waals surface area contributed by atoms with Gasteiger partial charge in [0.05, 0.1) is 7.05 Å². The van der Waals surface area contributed by atoms with Gasteiger partial charge in [0.2, 0.25) is 5.82 Å². The van der Waals surface area contributed by atoms with Crippen LogP contribution in [-0.2, 0) is 7.05 Å². The highest BCUT2D eigenvalue weighted by atomic mass is 19.2. The summed E-state index contributed by atoms with van der Waals surface area (Å²) in [5.74, 6) is 0.236. The van der Waals surface area contributed by atoms with E-state index in [0.29, 0.717) is 0 Å². The Kier molecular flexibility index (Phi) is 1.95. The van der Waals surface area contributed by atoms with Gasteiger partial charge in [-0.1, -0.05) is 6.57 Å². The summed E-state index contributed by atoms with van der Waals surface area (Å²) in [5.41, 5.74) is -0.115. The Labute approximate surface area is 63.4 Å². The van der Waals surface area contributed by atoms with Crippen LogP contribution in [0.15, 0.2) is 12.1 Å². The first-order chi connectivity index (χ1) is 5.16. The first kappa shape index (κ1) is 7.80. The number of rotatable bonds is 1. The average Bonchev–Trinajstić information content (AvgIpc) is 2.30. The van der Waals surface area contributed by atoms with Crippen LogP contribution in [0.3, 0.4) is 0 Å². The highest BCUT2D eigenvalue weighted by molar-refractivity contribution is 6.59. The van der Waals surface area contributed by atoms with Crippen LogP contribution < -0.4 is 5.59 Å². The van der Waals surface area contributed by atoms with Crippen molar-refractivity contribution >= 4 is 18.7 Å². The van der Waals surface area contributed by atoms with Gasteiger partial charge < -0.3 is 9.41 Å². The van der Waals surface area contributed by atoms with E-state index in [-0.39, 0.29) is 11.4 Å². The number of nitrogens with zero attached hydrogens (tertiary/aromatic N) is 2. The molecule has 0 N–H and O–H groups in total. The molecule has 0 amide bonds. The molecule has 0 bridgehead atoms. The number of hydrogen-bond donors (Lipinski definition) is 0. The number of hydrogen-bond acceptors (Lipinski definition) is 0. The maximum Gasteiger partial charge on any atom is 0.611 e. The van der Waals surface area contributed by atoms with Crippen LogP contribution >= 0.6 is 0 Å². The Hall–Kier alpha value is -1.31. The fourth-order valence-corrected chi connectivity index (χ4v) is 0.847. The lowest BCUT2D eigenvalue weighted by atomic mass is 9.93. The molecule has 1 aromatic heterocycles. The summed E-state index contributed by atoms with van der Waals surface area (Å²) in [4.78, 5) is 3.05. The van der Waals surface area contributed by atoms with E-state index in [1.807, 2.05) is 0 Å². The summed E-state index contributed by atoms with van der Waals surface area (Å²) in [6.07, 6.45) is 0. The Bertz CT molecular complexity index is 300. The molecule has 11 heavy (non-hydrogen) atoms. The summed E-state index contributed by atoms with van der Waals surface area (Å²) >= 11 is 0. The highest BCUT2D eigenvalue weighted by Gasteiger charge is 2.23. The Balaban J connectivity index is 3.13. The molecule has 0 aliphatic heterocycles. The van der Waals surface area contributed by atoms with Crippen molar-refractivity contribution in [1.29, 1.82) is 0 Å². The maximum absolute atomic E-state index is 12.1. The van der Waals surface area contributed by atoms with Gasteiger partial charge in [0.1, 0.15) is 5.59 Å². The predicted octanol–water partition coefficient (Wildman–Crippen LogP) is 1.21. The molecule has 1 rings (SSSR count). The molecule has 0 aliphatic carbocycles. The Morgan fingerprint density at radius 2 is 2.18 bits per heavy atom. The van der Waals surface area contributed by atoms with Crippen LogP contribution in [0.25, 0.3) is 4.85 Å². The molecule has 56 valence electrons. The lowest BCUT2D eigenvalue weighted by molar-refractivity contribution is 0.677. The summed E-state index contributed by atoms with van der Waals surface area (Å²) in [6, 6.07) is 2.65.